The maximum atomic E-state index is 13.0. The topological polar surface area (TPSA) is 96.9 Å². The first kappa shape index (κ1) is 16.1. The molecule has 2 aliphatic rings. The van der Waals surface area contributed by atoms with Gasteiger partial charge in [0.25, 0.3) is 0 Å². The minimum Gasteiger partial charge on any atom is -0.465 e. The number of nitrogen functional groups attached to an aromatic ring is 1. The van der Waals surface area contributed by atoms with Gasteiger partial charge in [0.1, 0.15) is 23.2 Å². The first-order valence-electron chi connectivity index (χ1n) is 8.24. The number of hydrogen-bond donors (Lipinski definition) is 3. The number of anilines is 2. The number of rotatable bonds is 1. The second kappa shape index (κ2) is 5.29. The molecule has 0 amide bonds. The quantitative estimate of drug-likeness (QED) is 0.672. The van der Waals surface area contributed by atoms with Crippen molar-refractivity contribution in [3.8, 4) is 0 Å². The lowest BCUT2D eigenvalue weighted by atomic mass is 9.70. The molecule has 0 spiro atoms. The molecule has 0 saturated heterocycles. The average Bonchev–Trinajstić information content (AvgIpc) is 2.89. The molecule has 130 valence electrons. The second-order valence-electron chi connectivity index (χ2n) is 7.56. The van der Waals surface area contributed by atoms with Gasteiger partial charge in [0.2, 0.25) is 0 Å². The van der Waals surface area contributed by atoms with E-state index in [4.69, 9.17) is 22.4 Å². The Balaban J connectivity index is 1.99. The van der Waals surface area contributed by atoms with Crippen LogP contribution >= 0.6 is 12.2 Å². The zero-order valence-electron chi connectivity index (χ0n) is 14.4. The van der Waals surface area contributed by atoms with Crippen LogP contribution in [0.25, 0.3) is 0 Å². The lowest BCUT2D eigenvalue weighted by Gasteiger charge is -2.38. The van der Waals surface area contributed by atoms with E-state index in [0.29, 0.717) is 28.6 Å². The van der Waals surface area contributed by atoms with E-state index in [2.05, 4.69) is 29.1 Å². The van der Waals surface area contributed by atoms with Gasteiger partial charge in [0.15, 0.2) is 10.6 Å². The molecule has 4 rings (SSSR count). The van der Waals surface area contributed by atoms with Crippen molar-refractivity contribution in [2.45, 2.75) is 39.5 Å². The second-order valence-corrected chi connectivity index (χ2v) is 7.94. The first-order chi connectivity index (χ1) is 11.7. The van der Waals surface area contributed by atoms with Gasteiger partial charge in [-0.2, -0.15) is 0 Å². The van der Waals surface area contributed by atoms with Crippen molar-refractivity contribution >= 4 is 29.6 Å². The van der Waals surface area contributed by atoms with Crippen LogP contribution in [0.3, 0.4) is 0 Å². The van der Waals surface area contributed by atoms with Crippen LogP contribution in [0, 0.1) is 17.1 Å². The number of aryl methyl sites for hydroxylation is 1. The van der Waals surface area contributed by atoms with Crippen LogP contribution in [0.4, 0.5) is 11.6 Å². The molecule has 7 heteroatoms. The predicted octanol–water partition coefficient (Wildman–Crippen LogP) is 3.82. The van der Waals surface area contributed by atoms with E-state index in [0.717, 1.165) is 29.0 Å². The van der Waals surface area contributed by atoms with Crippen LogP contribution in [0.15, 0.2) is 27.8 Å². The largest absolute Gasteiger partial charge is 0.465 e. The summed E-state index contributed by atoms with van der Waals surface area (Å²) < 4.78 is 6.19. The third kappa shape index (κ3) is 2.59. The van der Waals surface area contributed by atoms with Gasteiger partial charge >= 0.3 is 0 Å². The molecule has 0 radical (unpaired) electrons. The summed E-state index contributed by atoms with van der Waals surface area (Å²) in [4.78, 5) is 20.3. The van der Waals surface area contributed by atoms with Gasteiger partial charge in [-0.05, 0) is 43.1 Å². The Labute approximate surface area is 150 Å². The molecule has 0 bridgehead atoms. The number of nitrogens with one attached hydrogen (secondary N) is 2. The van der Waals surface area contributed by atoms with Crippen LogP contribution in [0.2, 0.25) is 0 Å². The van der Waals surface area contributed by atoms with Gasteiger partial charge in [-0.25, -0.2) is 4.98 Å². The Morgan fingerprint density at radius 1 is 1.36 bits per heavy atom. The summed E-state index contributed by atoms with van der Waals surface area (Å²) in [6.45, 7) is 6.07. The summed E-state index contributed by atoms with van der Waals surface area (Å²) in [6, 6.07) is 3.79. The smallest absolute Gasteiger partial charge is 0.200 e. The highest BCUT2D eigenvalue weighted by atomic mass is 32.1. The maximum absolute atomic E-state index is 13.0. The third-order valence-corrected chi connectivity index (χ3v) is 5.01. The summed E-state index contributed by atoms with van der Waals surface area (Å²) >= 11 is 5.17. The Morgan fingerprint density at radius 3 is 2.80 bits per heavy atom. The Bertz CT molecular complexity index is 983. The van der Waals surface area contributed by atoms with Gasteiger partial charge in [0, 0.05) is 17.7 Å². The molecule has 2 aromatic rings. The Morgan fingerprint density at radius 2 is 2.12 bits per heavy atom. The van der Waals surface area contributed by atoms with Crippen molar-refractivity contribution in [1.29, 1.82) is 0 Å². The average molecular weight is 356 g/mol. The summed E-state index contributed by atoms with van der Waals surface area (Å²) in [7, 11) is 0. The maximum Gasteiger partial charge on any atom is 0.200 e. The Hall–Kier alpha value is -2.41. The molecule has 0 fully saturated rings. The van der Waals surface area contributed by atoms with Gasteiger partial charge < -0.3 is 20.5 Å². The van der Waals surface area contributed by atoms with Crippen molar-refractivity contribution in [3.05, 3.63) is 45.3 Å². The van der Waals surface area contributed by atoms with Crippen LogP contribution in [0.5, 0.6) is 0 Å². The van der Waals surface area contributed by atoms with E-state index in [1.165, 1.54) is 0 Å². The number of aromatic amines is 1. The van der Waals surface area contributed by atoms with Crippen molar-refractivity contribution in [1.82, 2.24) is 9.97 Å². The zero-order chi connectivity index (χ0) is 17.9. The molecular weight excluding hydrogens is 336 g/mol. The van der Waals surface area contributed by atoms with E-state index >= 15 is 0 Å². The monoisotopic (exact) mass is 356 g/mol. The summed E-state index contributed by atoms with van der Waals surface area (Å²) in [5.41, 5.74) is 8.44. The number of Topliss-reactive ketones (excluding diaryl/α,β-unsaturated/α-hetero) is 1. The number of allylic oxidation sites excluding steroid dienone is 2. The molecular formula is C18H20N4O2S. The van der Waals surface area contributed by atoms with E-state index < -0.39 is 0 Å². The number of carbonyl (C=O) groups excluding carboxylic acids is 1. The summed E-state index contributed by atoms with van der Waals surface area (Å²) in [5.74, 6) is 2.24. The molecule has 0 aromatic carbocycles. The van der Waals surface area contributed by atoms with Gasteiger partial charge in [-0.3, -0.25) is 4.79 Å². The van der Waals surface area contributed by atoms with Gasteiger partial charge in [-0.15, -0.1) is 0 Å². The number of furan rings is 1. The number of aromatic nitrogens is 2. The summed E-state index contributed by atoms with van der Waals surface area (Å²) in [6.07, 6.45) is 1.26. The summed E-state index contributed by atoms with van der Waals surface area (Å²) in [5, 5.41) is 3.31. The highest BCUT2D eigenvalue weighted by Gasteiger charge is 2.43. The predicted molar refractivity (Wildman–Crippen MR) is 97.8 cm³/mol. The van der Waals surface area contributed by atoms with Crippen molar-refractivity contribution < 1.29 is 9.21 Å². The van der Waals surface area contributed by atoms with Crippen molar-refractivity contribution in [2.75, 3.05) is 11.1 Å². The van der Waals surface area contributed by atoms with E-state index in [-0.39, 0.29) is 17.1 Å². The molecule has 6 nitrogen and oxygen atoms in total. The molecule has 0 saturated carbocycles. The number of hydrogen-bond acceptors (Lipinski definition) is 6. The van der Waals surface area contributed by atoms with Gasteiger partial charge in [0.05, 0.1) is 11.5 Å². The fourth-order valence-corrected chi connectivity index (χ4v) is 4.05. The van der Waals surface area contributed by atoms with E-state index in [9.17, 15) is 4.79 Å². The lowest BCUT2D eigenvalue weighted by Crippen LogP contribution is -2.34. The SMILES string of the molecule is Cc1ccc(C2C3=C(CC(C)(C)CC3=O)Nc3nc(=S)[nH]c(N)c32)o1. The molecule has 1 aliphatic carbocycles. The Kier molecular flexibility index (Phi) is 3.40. The minimum atomic E-state index is -0.372. The number of nitrogens with two attached hydrogens (primary N) is 1. The first-order valence-corrected chi connectivity index (χ1v) is 8.65. The fourth-order valence-electron chi connectivity index (χ4n) is 3.85. The van der Waals surface area contributed by atoms with Gasteiger partial charge in [-0.1, -0.05) is 13.8 Å². The number of carbonyl (C=O) groups is 1. The lowest BCUT2D eigenvalue weighted by molar-refractivity contribution is -0.118. The third-order valence-electron chi connectivity index (χ3n) is 4.81. The fraction of sp³-hybridized carbons (Fsp3) is 0.389. The number of H-pyrrole nitrogens is 1. The minimum absolute atomic E-state index is 0.104. The molecule has 1 atom stereocenters. The van der Waals surface area contributed by atoms with Crippen LogP contribution in [-0.4, -0.2) is 15.8 Å². The molecule has 3 heterocycles. The highest BCUT2D eigenvalue weighted by Crippen LogP contribution is 2.49. The van der Waals surface area contributed by atoms with Crippen molar-refractivity contribution in [3.63, 3.8) is 0 Å². The standard InChI is InChI=1S/C18H20N4O2S/c1-8-4-5-11(24-8)13-12-9(6-18(2,3)7-10(12)23)20-16-14(13)15(19)21-17(25)22-16/h4-5,13H,6-7H2,1-3H3,(H4,19,20,21,22,25). The van der Waals surface area contributed by atoms with Crippen LogP contribution in [-0.2, 0) is 4.79 Å². The van der Waals surface area contributed by atoms with E-state index in [1.807, 2.05) is 19.1 Å². The number of nitrogens with zero attached hydrogens (tertiary/aromatic N) is 1. The molecule has 25 heavy (non-hydrogen) atoms. The molecule has 1 unspecified atom stereocenters. The molecule has 1 aliphatic heterocycles. The highest BCUT2D eigenvalue weighted by molar-refractivity contribution is 7.71. The van der Waals surface area contributed by atoms with Crippen molar-refractivity contribution in [2.24, 2.45) is 5.41 Å². The van der Waals surface area contributed by atoms with Crippen LogP contribution < -0.4 is 11.1 Å². The number of ketones is 1. The normalized spacial score (nSPS) is 21.6. The van der Waals surface area contributed by atoms with Crippen LogP contribution in [0.1, 0.15) is 49.7 Å². The number of fused-ring (bicyclic) bond motifs is 1. The molecule has 4 N–H and O–H groups in total. The molecule has 2 aromatic heterocycles. The van der Waals surface area contributed by atoms with E-state index in [1.54, 1.807) is 0 Å². The zero-order valence-corrected chi connectivity index (χ0v) is 15.2.